The maximum absolute atomic E-state index is 14.0. The Labute approximate surface area is 183 Å². The quantitative estimate of drug-likeness (QED) is 0.136. The maximum Gasteiger partial charge on any atom is 0.350 e. The first-order valence-corrected chi connectivity index (χ1v) is 13.7. The topological polar surface area (TPSA) is 71.1 Å². The zero-order valence-corrected chi connectivity index (χ0v) is 21.5. The number of hydrogen-bond acceptors (Lipinski definition) is 6. The lowest BCUT2D eigenvalue weighted by Gasteiger charge is -2.41. The minimum Gasteiger partial charge on any atom is -0.308 e. The lowest BCUT2D eigenvalue weighted by molar-refractivity contribution is 0.177. The first-order chi connectivity index (χ1) is 14.1. The maximum atomic E-state index is 14.0. The highest BCUT2D eigenvalue weighted by atomic mass is 31.2. The van der Waals surface area contributed by atoms with E-state index in [1.54, 1.807) is 27.7 Å². The van der Waals surface area contributed by atoms with Crippen LogP contribution in [0.25, 0.3) is 0 Å². The lowest BCUT2D eigenvalue weighted by Crippen LogP contribution is -2.33. The van der Waals surface area contributed by atoms with Crippen LogP contribution in [0.3, 0.4) is 0 Å². The summed E-state index contributed by atoms with van der Waals surface area (Å²) >= 11 is 0. The molecular weight excluding hydrogens is 422 g/mol. The molecule has 0 aliphatic rings. The minimum atomic E-state index is -3.97. The van der Waals surface area contributed by atoms with Crippen molar-refractivity contribution in [3.8, 4) is 12.3 Å². The molecule has 0 radical (unpaired) electrons. The van der Waals surface area contributed by atoms with Gasteiger partial charge in [0.15, 0.2) is 4.90 Å². The van der Waals surface area contributed by atoms with Crippen LogP contribution in [0.15, 0.2) is 23.3 Å². The second-order valence-electron chi connectivity index (χ2n) is 7.10. The molecule has 8 heteroatoms. The highest BCUT2D eigenvalue weighted by Crippen LogP contribution is 2.80. The largest absolute Gasteiger partial charge is 0.350 e. The van der Waals surface area contributed by atoms with Gasteiger partial charge in [-0.2, -0.15) is 0 Å². The molecule has 0 rings (SSSR count). The lowest BCUT2D eigenvalue weighted by atomic mass is 10.1. The average Bonchev–Trinajstić information content (AvgIpc) is 2.65. The van der Waals surface area contributed by atoms with Crippen molar-refractivity contribution in [2.75, 3.05) is 26.4 Å². The molecular formula is C22H40O6P2. The van der Waals surface area contributed by atoms with Gasteiger partial charge in [0.2, 0.25) is 0 Å². The first-order valence-electron chi connectivity index (χ1n) is 10.6. The summed E-state index contributed by atoms with van der Waals surface area (Å²) in [6.07, 6.45) is 11.4. The highest BCUT2D eigenvalue weighted by molar-refractivity contribution is 7.74. The fraction of sp³-hybridized carbons (Fsp3) is 0.727. The molecule has 0 bridgehead atoms. The van der Waals surface area contributed by atoms with Crippen molar-refractivity contribution in [1.29, 1.82) is 0 Å². The SMILES string of the molecule is C#CCC(C/C=C(\C)CCC=C(C)C)(P(=O)(OCC)OCC)P(=O)(OCC)OCC. The van der Waals surface area contributed by atoms with Crippen molar-refractivity contribution in [2.45, 2.75) is 79.0 Å². The molecule has 0 aliphatic heterocycles. The third-order valence-corrected chi connectivity index (χ3v) is 11.1. The van der Waals surface area contributed by atoms with E-state index in [1.165, 1.54) is 5.57 Å². The molecule has 0 unspecified atom stereocenters. The fourth-order valence-corrected chi connectivity index (χ4v) is 8.63. The summed E-state index contributed by atoms with van der Waals surface area (Å²) in [6, 6.07) is 0. The van der Waals surface area contributed by atoms with Gasteiger partial charge in [-0.3, -0.25) is 9.13 Å². The number of terminal acetylenes is 1. The van der Waals surface area contributed by atoms with Crippen LogP contribution in [-0.4, -0.2) is 31.3 Å². The van der Waals surface area contributed by atoms with E-state index in [0.717, 1.165) is 18.4 Å². The Morgan fingerprint density at radius 2 is 1.30 bits per heavy atom. The molecule has 0 aromatic carbocycles. The summed E-state index contributed by atoms with van der Waals surface area (Å²) in [5.74, 6) is 2.53. The normalized spacial score (nSPS) is 13.2. The van der Waals surface area contributed by atoms with Crippen LogP contribution in [0.1, 0.15) is 74.1 Å². The van der Waals surface area contributed by atoms with Crippen LogP contribution in [-0.2, 0) is 27.2 Å². The van der Waals surface area contributed by atoms with E-state index in [0.29, 0.717) is 0 Å². The Kier molecular flexibility index (Phi) is 14.1. The van der Waals surface area contributed by atoms with Crippen molar-refractivity contribution < 1.29 is 27.2 Å². The Morgan fingerprint density at radius 1 is 0.867 bits per heavy atom. The Balaban J connectivity index is 6.51. The van der Waals surface area contributed by atoms with Crippen molar-refractivity contribution in [3.05, 3.63) is 23.3 Å². The molecule has 0 atom stereocenters. The van der Waals surface area contributed by atoms with Crippen molar-refractivity contribution >= 4 is 15.2 Å². The molecule has 6 nitrogen and oxygen atoms in total. The first kappa shape index (κ1) is 29.3. The molecule has 0 N–H and O–H groups in total. The summed E-state index contributed by atoms with van der Waals surface area (Å²) in [6.45, 7) is 13.4. The summed E-state index contributed by atoms with van der Waals surface area (Å²) in [7, 11) is -7.94. The predicted octanol–water partition coefficient (Wildman–Crippen LogP) is 7.32. The molecule has 0 spiro atoms. The van der Waals surface area contributed by atoms with Crippen molar-refractivity contribution in [1.82, 2.24) is 0 Å². The van der Waals surface area contributed by atoms with E-state index in [4.69, 9.17) is 24.5 Å². The zero-order valence-electron chi connectivity index (χ0n) is 19.7. The number of allylic oxidation sites excluding steroid dienone is 4. The van der Waals surface area contributed by atoms with E-state index in [2.05, 4.69) is 25.8 Å². The van der Waals surface area contributed by atoms with Gasteiger partial charge in [0.05, 0.1) is 26.4 Å². The molecule has 0 aromatic heterocycles. The molecule has 30 heavy (non-hydrogen) atoms. The zero-order chi connectivity index (χ0) is 23.3. The average molecular weight is 463 g/mol. The van der Waals surface area contributed by atoms with Gasteiger partial charge in [0.25, 0.3) is 0 Å². The third kappa shape index (κ3) is 7.79. The van der Waals surface area contributed by atoms with Crippen molar-refractivity contribution in [2.24, 2.45) is 0 Å². The second-order valence-corrected chi connectivity index (χ2v) is 12.2. The smallest absolute Gasteiger partial charge is 0.308 e. The molecule has 0 aromatic rings. The Morgan fingerprint density at radius 3 is 1.63 bits per heavy atom. The van der Waals surface area contributed by atoms with E-state index in [9.17, 15) is 9.13 Å². The standard InChI is InChI=1S/C22H40O6P2/c1-9-18-22(29(23,25-10-2)26-11-3,30(24,27-12-4)28-13-5)19-17-21(8)16-14-15-20(6)7/h1,15,17H,10-14,16,18-19H2,2-8H3/b21-17+. The van der Waals surface area contributed by atoms with Gasteiger partial charge in [0.1, 0.15) is 0 Å². The Hall–Kier alpha value is -0.660. The molecule has 0 amide bonds. The van der Waals surface area contributed by atoms with Crippen LogP contribution in [0.4, 0.5) is 0 Å². The van der Waals surface area contributed by atoms with Crippen LogP contribution in [0.5, 0.6) is 0 Å². The summed E-state index contributed by atoms with van der Waals surface area (Å²) in [5.41, 5.74) is 2.31. The van der Waals surface area contributed by atoms with Crippen molar-refractivity contribution in [3.63, 3.8) is 0 Å². The van der Waals surface area contributed by atoms with E-state index < -0.39 is 20.1 Å². The summed E-state index contributed by atoms with van der Waals surface area (Å²) in [5, 5.41) is 0. The number of rotatable bonds is 16. The van der Waals surface area contributed by atoms with E-state index in [-0.39, 0.29) is 39.3 Å². The third-order valence-electron chi connectivity index (χ3n) is 4.47. The highest BCUT2D eigenvalue weighted by Gasteiger charge is 2.64. The predicted molar refractivity (Wildman–Crippen MR) is 125 cm³/mol. The van der Waals surface area contributed by atoms with Gasteiger partial charge in [0, 0.05) is 6.42 Å². The van der Waals surface area contributed by atoms with Gasteiger partial charge in [-0.05, 0) is 67.7 Å². The molecule has 0 heterocycles. The van der Waals surface area contributed by atoms with Crippen LogP contribution in [0, 0.1) is 12.3 Å². The van der Waals surface area contributed by atoms with Gasteiger partial charge in [-0.25, -0.2) is 0 Å². The Bertz CT molecular complexity index is 651. The van der Waals surface area contributed by atoms with Gasteiger partial charge in [-0.1, -0.05) is 23.3 Å². The fourth-order valence-electron chi connectivity index (χ4n) is 3.07. The van der Waals surface area contributed by atoms with E-state index >= 15 is 0 Å². The van der Waals surface area contributed by atoms with E-state index in [1.807, 2.05) is 13.0 Å². The molecule has 174 valence electrons. The second kappa shape index (κ2) is 14.4. The minimum absolute atomic E-state index is 0.104. The molecule has 0 aliphatic carbocycles. The monoisotopic (exact) mass is 462 g/mol. The van der Waals surface area contributed by atoms with Crippen LogP contribution >= 0.6 is 15.2 Å². The van der Waals surface area contributed by atoms with Gasteiger partial charge in [-0.15, -0.1) is 12.3 Å². The summed E-state index contributed by atoms with van der Waals surface area (Å²) < 4.78 is 50.6. The van der Waals surface area contributed by atoms with Crippen LogP contribution in [0.2, 0.25) is 0 Å². The molecule has 0 saturated carbocycles. The van der Waals surface area contributed by atoms with Gasteiger partial charge >= 0.3 is 15.2 Å². The van der Waals surface area contributed by atoms with Gasteiger partial charge < -0.3 is 18.1 Å². The molecule has 0 saturated heterocycles. The number of hydrogen-bond donors (Lipinski definition) is 0. The molecule has 0 fully saturated rings. The summed E-state index contributed by atoms with van der Waals surface area (Å²) in [4.78, 5) is -1.62. The van der Waals surface area contributed by atoms with Crippen LogP contribution < -0.4 is 0 Å².